The number of hydrogen-bond donors (Lipinski definition) is 2. The second-order valence-corrected chi connectivity index (χ2v) is 6.21. The van der Waals surface area contributed by atoms with E-state index in [-0.39, 0.29) is 32.0 Å². The SMILES string of the molecule is CC(C)(C)OC(=O)N[C@H](CO)CCC(=O)OCc1ccccc1. The molecule has 1 atom stereocenters. The van der Waals surface area contributed by atoms with Crippen molar-refractivity contribution in [2.45, 2.75) is 51.9 Å². The Labute approximate surface area is 136 Å². The van der Waals surface area contributed by atoms with Gasteiger partial charge in [0, 0.05) is 6.42 Å². The Balaban J connectivity index is 2.30. The molecule has 128 valence electrons. The van der Waals surface area contributed by atoms with Crippen LogP contribution in [0, 0.1) is 0 Å². The molecule has 0 heterocycles. The first-order valence-electron chi connectivity index (χ1n) is 7.60. The smallest absolute Gasteiger partial charge is 0.407 e. The first kappa shape index (κ1) is 19.0. The lowest BCUT2D eigenvalue weighted by atomic mass is 10.1. The molecule has 23 heavy (non-hydrogen) atoms. The highest BCUT2D eigenvalue weighted by molar-refractivity contribution is 5.70. The van der Waals surface area contributed by atoms with Gasteiger partial charge in [0.1, 0.15) is 12.2 Å². The molecule has 2 N–H and O–H groups in total. The van der Waals surface area contributed by atoms with Crippen molar-refractivity contribution in [2.24, 2.45) is 0 Å². The first-order chi connectivity index (χ1) is 10.8. The maximum absolute atomic E-state index is 11.7. The highest BCUT2D eigenvalue weighted by Gasteiger charge is 2.19. The Bertz CT molecular complexity index is 495. The zero-order chi connectivity index (χ0) is 17.3. The van der Waals surface area contributed by atoms with Crippen molar-refractivity contribution in [1.29, 1.82) is 0 Å². The van der Waals surface area contributed by atoms with Crippen LogP contribution in [0.4, 0.5) is 4.79 Å². The minimum atomic E-state index is -0.616. The third-order valence-corrected chi connectivity index (χ3v) is 2.88. The fraction of sp³-hybridized carbons (Fsp3) is 0.529. The number of aliphatic hydroxyl groups excluding tert-OH is 1. The molecule has 0 saturated carbocycles. The topological polar surface area (TPSA) is 84.9 Å². The summed E-state index contributed by atoms with van der Waals surface area (Å²) in [6.07, 6.45) is -0.230. The molecule has 1 aromatic rings. The lowest BCUT2D eigenvalue weighted by Crippen LogP contribution is -2.41. The normalized spacial score (nSPS) is 12.3. The van der Waals surface area contributed by atoms with Crippen molar-refractivity contribution in [2.75, 3.05) is 6.61 Å². The third-order valence-electron chi connectivity index (χ3n) is 2.88. The van der Waals surface area contributed by atoms with Crippen LogP contribution in [0.15, 0.2) is 30.3 Å². The van der Waals surface area contributed by atoms with E-state index in [0.29, 0.717) is 0 Å². The summed E-state index contributed by atoms with van der Waals surface area (Å²) in [6, 6.07) is 8.82. The molecular weight excluding hydrogens is 298 g/mol. The molecule has 0 bridgehead atoms. The fourth-order valence-electron chi connectivity index (χ4n) is 1.79. The summed E-state index contributed by atoms with van der Waals surface area (Å²) in [5.41, 5.74) is 0.296. The Kier molecular flexibility index (Phi) is 7.54. The van der Waals surface area contributed by atoms with Crippen LogP contribution in [0.1, 0.15) is 39.2 Å². The number of esters is 1. The zero-order valence-electron chi connectivity index (χ0n) is 13.9. The number of rotatable bonds is 7. The van der Waals surface area contributed by atoms with E-state index in [1.165, 1.54) is 0 Å². The predicted octanol–water partition coefficient (Wildman–Crippen LogP) is 2.40. The summed E-state index contributed by atoms with van der Waals surface area (Å²) in [6.45, 7) is 5.19. The van der Waals surface area contributed by atoms with Crippen LogP contribution >= 0.6 is 0 Å². The van der Waals surface area contributed by atoms with Gasteiger partial charge in [0.05, 0.1) is 12.6 Å². The maximum atomic E-state index is 11.7. The van der Waals surface area contributed by atoms with Gasteiger partial charge in [0.2, 0.25) is 0 Å². The van der Waals surface area contributed by atoms with Gasteiger partial charge in [0.25, 0.3) is 0 Å². The molecule has 0 aliphatic heterocycles. The Morgan fingerprint density at radius 1 is 1.22 bits per heavy atom. The van der Waals surface area contributed by atoms with Gasteiger partial charge < -0.3 is 19.9 Å². The van der Waals surface area contributed by atoms with Crippen LogP contribution in [-0.4, -0.2) is 35.4 Å². The van der Waals surface area contributed by atoms with Crippen molar-refractivity contribution in [3.63, 3.8) is 0 Å². The van der Waals surface area contributed by atoms with Gasteiger partial charge in [-0.15, -0.1) is 0 Å². The number of amides is 1. The average molecular weight is 323 g/mol. The quantitative estimate of drug-likeness (QED) is 0.753. The molecule has 1 aromatic carbocycles. The molecule has 6 nitrogen and oxygen atoms in total. The highest BCUT2D eigenvalue weighted by Crippen LogP contribution is 2.08. The lowest BCUT2D eigenvalue weighted by molar-refractivity contribution is -0.145. The van der Waals surface area contributed by atoms with E-state index in [1.807, 2.05) is 30.3 Å². The van der Waals surface area contributed by atoms with Crippen molar-refractivity contribution in [3.05, 3.63) is 35.9 Å². The monoisotopic (exact) mass is 323 g/mol. The summed E-state index contributed by atoms with van der Waals surface area (Å²) in [7, 11) is 0. The summed E-state index contributed by atoms with van der Waals surface area (Å²) >= 11 is 0. The van der Waals surface area contributed by atoms with Gasteiger partial charge >= 0.3 is 12.1 Å². The van der Waals surface area contributed by atoms with Crippen molar-refractivity contribution >= 4 is 12.1 Å². The van der Waals surface area contributed by atoms with Gasteiger partial charge in [-0.05, 0) is 32.8 Å². The number of carbonyl (C=O) groups is 2. The van der Waals surface area contributed by atoms with Crippen LogP contribution in [0.5, 0.6) is 0 Å². The number of benzene rings is 1. The molecular formula is C17H25NO5. The molecule has 0 aliphatic rings. The minimum Gasteiger partial charge on any atom is -0.461 e. The zero-order valence-corrected chi connectivity index (χ0v) is 13.9. The third kappa shape index (κ3) is 8.83. The van der Waals surface area contributed by atoms with E-state index >= 15 is 0 Å². The maximum Gasteiger partial charge on any atom is 0.407 e. The molecule has 1 amide bonds. The number of aliphatic hydroxyl groups is 1. The first-order valence-corrected chi connectivity index (χ1v) is 7.60. The number of hydrogen-bond acceptors (Lipinski definition) is 5. The summed E-state index contributed by atoms with van der Waals surface area (Å²) in [5, 5.41) is 11.8. The van der Waals surface area contributed by atoms with Crippen LogP contribution < -0.4 is 5.32 Å². The van der Waals surface area contributed by atoms with Crippen molar-refractivity contribution in [3.8, 4) is 0 Å². The van der Waals surface area contributed by atoms with Gasteiger partial charge in [0.15, 0.2) is 0 Å². The molecule has 0 aromatic heterocycles. The molecule has 1 rings (SSSR count). The summed E-state index contributed by atoms with van der Waals surface area (Å²) in [4.78, 5) is 23.3. The molecule has 6 heteroatoms. The van der Waals surface area contributed by atoms with Gasteiger partial charge in [-0.3, -0.25) is 4.79 Å². The second-order valence-electron chi connectivity index (χ2n) is 6.21. The standard InChI is InChI=1S/C17H25NO5/c1-17(2,3)23-16(21)18-14(11-19)9-10-15(20)22-12-13-7-5-4-6-8-13/h4-8,14,19H,9-12H2,1-3H3,(H,18,21)/t14-/m0/s1. The van der Waals surface area contributed by atoms with Crippen LogP contribution in [0.25, 0.3) is 0 Å². The number of ether oxygens (including phenoxy) is 2. The lowest BCUT2D eigenvalue weighted by Gasteiger charge is -2.22. The Hall–Kier alpha value is -2.08. The Morgan fingerprint density at radius 3 is 2.43 bits per heavy atom. The van der Waals surface area contributed by atoms with E-state index in [4.69, 9.17) is 9.47 Å². The minimum absolute atomic E-state index is 0.105. The van der Waals surface area contributed by atoms with E-state index in [2.05, 4.69) is 5.32 Å². The molecule has 0 radical (unpaired) electrons. The fourth-order valence-corrected chi connectivity index (χ4v) is 1.79. The van der Waals surface area contributed by atoms with E-state index < -0.39 is 17.7 Å². The van der Waals surface area contributed by atoms with Gasteiger partial charge in [-0.25, -0.2) is 4.79 Å². The molecule has 0 aliphatic carbocycles. The average Bonchev–Trinajstić information content (AvgIpc) is 2.48. The largest absolute Gasteiger partial charge is 0.461 e. The van der Waals surface area contributed by atoms with E-state index in [0.717, 1.165) is 5.56 Å². The summed E-state index contributed by atoms with van der Waals surface area (Å²) in [5.74, 6) is -0.377. The van der Waals surface area contributed by atoms with E-state index in [9.17, 15) is 14.7 Å². The van der Waals surface area contributed by atoms with Crippen LogP contribution in [0.3, 0.4) is 0 Å². The number of nitrogens with one attached hydrogen (secondary N) is 1. The van der Waals surface area contributed by atoms with Crippen molar-refractivity contribution < 1.29 is 24.2 Å². The van der Waals surface area contributed by atoms with Crippen LogP contribution in [0.2, 0.25) is 0 Å². The van der Waals surface area contributed by atoms with Crippen molar-refractivity contribution in [1.82, 2.24) is 5.32 Å². The van der Waals surface area contributed by atoms with Gasteiger partial charge in [-0.1, -0.05) is 30.3 Å². The molecule has 0 unspecified atom stereocenters. The predicted molar refractivity (Wildman–Crippen MR) is 85.7 cm³/mol. The number of alkyl carbamates (subject to hydrolysis) is 1. The number of carbonyl (C=O) groups excluding carboxylic acids is 2. The van der Waals surface area contributed by atoms with Gasteiger partial charge in [-0.2, -0.15) is 0 Å². The molecule has 0 spiro atoms. The second kappa shape index (κ2) is 9.15. The molecule has 0 fully saturated rings. The van der Waals surface area contributed by atoms with Crippen LogP contribution in [-0.2, 0) is 20.9 Å². The Morgan fingerprint density at radius 2 is 1.87 bits per heavy atom. The van der Waals surface area contributed by atoms with E-state index in [1.54, 1.807) is 20.8 Å². The summed E-state index contributed by atoms with van der Waals surface area (Å²) < 4.78 is 10.2. The molecule has 0 saturated heterocycles. The highest BCUT2D eigenvalue weighted by atomic mass is 16.6.